The fourth-order valence-electron chi connectivity index (χ4n) is 0.813. The Labute approximate surface area is 106 Å². The van der Waals surface area contributed by atoms with Gasteiger partial charge in [0.2, 0.25) is 0 Å². The Morgan fingerprint density at radius 2 is 1.15 bits per heavy atom. The van der Waals surface area contributed by atoms with Crippen molar-refractivity contribution < 1.29 is 14.3 Å². The minimum Gasteiger partial charge on any atom is -0.453 e. The van der Waals surface area contributed by atoms with Crippen molar-refractivity contribution in [2.24, 2.45) is 0 Å². The van der Waals surface area contributed by atoms with Gasteiger partial charge in [-0.2, -0.15) is 0 Å². The van der Waals surface area contributed by atoms with Crippen molar-refractivity contribution in [2.45, 2.75) is 26.2 Å². The molecule has 0 aromatic rings. The van der Waals surface area contributed by atoms with Crippen LogP contribution in [0.3, 0.4) is 0 Å². The van der Waals surface area contributed by atoms with Gasteiger partial charge in [0.05, 0.1) is 12.5 Å². The summed E-state index contributed by atoms with van der Waals surface area (Å²) in [6.07, 6.45) is 0.257. The molecule has 82 valence electrons. The minimum absolute atomic E-state index is 0.128. The van der Waals surface area contributed by atoms with Gasteiger partial charge in [-0.1, -0.05) is 0 Å². The summed E-state index contributed by atoms with van der Waals surface area (Å²) < 4.78 is 5.70. The summed E-state index contributed by atoms with van der Waals surface area (Å²) in [5, 5.41) is 17.9. The lowest BCUT2D eigenvalue weighted by Gasteiger charge is -2.30. The van der Waals surface area contributed by atoms with Crippen molar-refractivity contribution >= 4 is 53.9 Å². The van der Waals surface area contributed by atoms with Crippen molar-refractivity contribution in [1.82, 2.24) is 0 Å². The number of aliphatic hydroxyl groups excluding tert-OH is 2. The van der Waals surface area contributed by atoms with Crippen molar-refractivity contribution in [2.75, 3.05) is 12.5 Å². The van der Waals surface area contributed by atoms with E-state index in [0.29, 0.717) is 0 Å². The summed E-state index contributed by atoms with van der Waals surface area (Å²) in [7, 11) is -3.75. The normalized spacial score (nSPS) is 12.0. The first-order valence-corrected chi connectivity index (χ1v) is 16.4. The molecule has 0 fully saturated rings. The monoisotopic (exact) mass is 448 g/mol. The predicted octanol–water partition coefficient (Wildman–Crippen LogP) is 2.25. The topological polar surface area (TPSA) is 49.7 Å². The molecule has 13 heavy (non-hydrogen) atoms. The van der Waals surface area contributed by atoms with E-state index in [1.807, 2.05) is 26.2 Å². The molecule has 0 radical (unpaired) electrons. The van der Waals surface area contributed by atoms with Crippen LogP contribution in [-0.4, -0.2) is 39.3 Å². The molecule has 0 unspecified atom stereocenters. The summed E-state index contributed by atoms with van der Waals surface area (Å²) in [5.41, 5.74) is 0. The van der Waals surface area contributed by atoms with Crippen LogP contribution in [0, 0.1) is 0 Å². The molecule has 0 rings (SSSR count). The van der Waals surface area contributed by atoms with Crippen LogP contribution >= 0.6 is 37.2 Å². The number of rotatable bonds is 4. The van der Waals surface area contributed by atoms with Crippen LogP contribution in [0.4, 0.5) is 0 Å². The lowest BCUT2D eigenvalue weighted by atomic mass is 11.7. The Morgan fingerprint density at radius 1 is 0.923 bits per heavy atom. The van der Waals surface area contributed by atoms with E-state index < -0.39 is 16.6 Å². The van der Waals surface area contributed by atoms with Gasteiger partial charge in [-0.25, -0.2) is 0 Å². The summed E-state index contributed by atoms with van der Waals surface area (Å²) in [6, 6.07) is 0. The third-order valence-corrected chi connectivity index (χ3v) is 7.26. The molecule has 0 aromatic heterocycles. The maximum atomic E-state index is 8.93. The molecular weight excluding hydrogens is 430 g/mol. The smallest absolute Gasteiger partial charge is 0.199 e. The van der Waals surface area contributed by atoms with Gasteiger partial charge in [0.1, 0.15) is 0 Å². The van der Waals surface area contributed by atoms with Crippen molar-refractivity contribution in [3.63, 3.8) is 0 Å². The summed E-state index contributed by atoms with van der Waals surface area (Å²) in [6.45, 7) is 7.82. The van der Waals surface area contributed by atoms with E-state index in [0.717, 1.165) is 0 Å². The zero-order valence-electron chi connectivity index (χ0n) is 8.47. The van der Waals surface area contributed by atoms with E-state index in [2.05, 4.69) is 37.2 Å². The molecule has 3 nitrogen and oxygen atoms in total. The lowest BCUT2D eigenvalue weighted by Crippen LogP contribution is -2.49. The van der Waals surface area contributed by atoms with Gasteiger partial charge in [-0.3, -0.25) is 0 Å². The fourth-order valence-corrected chi connectivity index (χ4v) is 7.31. The van der Waals surface area contributed by atoms with Crippen LogP contribution in [0.2, 0.25) is 26.2 Å². The zero-order valence-corrected chi connectivity index (χ0v) is 14.8. The summed E-state index contributed by atoms with van der Waals surface area (Å²) in [4.78, 5) is 0. The van der Waals surface area contributed by atoms with Crippen molar-refractivity contribution in [1.29, 1.82) is 0 Å². The van der Waals surface area contributed by atoms with Gasteiger partial charge in [0.25, 0.3) is 0 Å². The molecule has 0 bridgehead atoms. The summed E-state index contributed by atoms with van der Waals surface area (Å²) in [5.74, 6) is 0. The first kappa shape index (κ1) is 17.2. The second-order valence-electron chi connectivity index (χ2n) is 3.94. The number of hydrogen-bond donors (Lipinski definition) is 2. The first-order valence-electron chi connectivity index (χ1n) is 3.89. The second-order valence-corrected chi connectivity index (χ2v) is 12.4. The fraction of sp³-hybridized carbons (Fsp3) is 1.00. The van der Waals surface area contributed by atoms with Crippen LogP contribution in [0.1, 0.15) is 0 Å². The van der Waals surface area contributed by atoms with Crippen molar-refractivity contribution in [3.8, 4) is 0 Å². The maximum absolute atomic E-state index is 8.93. The molecule has 0 aliphatic heterocycles. The molecule has 2 N–H and O–H groups in total. The number of hydrogen-bond acceptors (Lipinski definition) is 3. The SMILES string of the molecule is C[Si](C)(CO)O[Si](C)(C)CO.II. The molecule has 0 heterocycles. The Kier molecular flexibility index (Phi) is 10.6. The minimum atomic E-state index is -1.88. The molecular formula is C6H18I2O3Si2. The van der Waals surface area contributed by atoms with Crippen LogP contribution in [-0.2, 0) is 4.12 Å². The highest BCUT2D eigenvalue weighted by Gasteiger charge is 2.31. The lowest BCUT2D eigenvalue weighted by molar-refractivity contribution is 0.311. The number of halogens is 2. The van der Waals surface area contributed by atoms with E-state index in [-0.39, 0.29) is 12.5 Å². The molecule has 0 aromatic carbocycles. The molecule has 0 aliphatic rings. The average Bonchev–Trinajstić information content (AvgIpc) is 2.07. The van der Waals surface area contributed by atoms with Gasteiger partial charge in [0, 0.05) is 37.2 Å². The standard InChI is InChI=1S/C6H18O3Si2.I2/c1-10(2,5-7)9-11(3,4)6-8;1-2/h7-8H,5-6H2,1-4H3;. The summed E-state index contributed by atoms with van der Waals surface area (Å²) >= 11 is 4.24. The van der Waals surface area contributed by atoms with Crippen LogP contribution in [0.5, 0.6) is 0 Å². The van der Waals surface area contributed by atoms with Gasteiger partial charge in [0.15, 0.2) is 16.6 Å². The van der Waals surface area contributed by atoms with Gasteiger partial charge >= 0.3 is 0 Å². The van der Waals surface area contributed by atoms with Crippen LogP contribution in [0.15, 0.2) is 0 Å². The van der Waals surface area contributed by atoms with Crippen LogP contribution in [0.25, 0.3) is 0 Å². The van der Waals surface area contributed by atoms with Gasteiger partial charge in [-0.05, 0) is 26.2 Å². The average molecular weight is 448 g/mol. The van der Waals surface area contributed by atoms with Gasteiger partial charge in [-0.15, -0.1) is 0 Å². The van der Waals surface area contributed by atoms with E-state index in [1.54, 1.807) is 0 Å². The Balaban J connectivity index is 0. The largest absolute Gasteiger partial charge is 0.453 e. The molecule has 0 aliphatic carbocycles. The quantitative estimate of drug-likeness (QED) is 0.513. The highest BCUT2D eigenvalue weighted by atomic mass is 128. The molecule has 0 amide bonds. The third-order valence-electron chi connectivity index (χ3n) is 1.31. The second kappa shape index (κ2) is 7.99. The van der Waals surface area contributed by atoms with Gasteiger partial charge < -0.3 is 14.3 Å². The Bertz CT molecular complexity index is 119. The van der Waals surface area contributed by atoms with E-state index >= 15 is 0 Å². The third kappa shape index (κ3) is 10.1. The molecule has 7 heteroatoms. The zero-order chi connectivity index (χ0) is 11.1. The first-order chi connectivity index (χ1) is 5.83. The Hall–Kier alpha value is 1.77. The predicted molar refractivity (Wildman–Crippen MR) is 78.3 cm³/mol. The molecule has 0 saturated heterocycles. The molecule has 0 spiro atoms. The molecule has 0 atom stereocenters. The van der Waals surface area contributed by atoms with E-state index in [4.69, 9.17) is 14.3 Å². The highest BCUT2D eigenvalue weighted by molar-refractivity contribution is 15.0. The van der Waals surface area contributed by atoms with E-state index in [9.17, 15) is 0 Å². The Morgan fingerprint density at radius 3 is 1.31 bits per heavy atom. The number of aliphatic hydroxyl groups is 2. The maximum Gasteiger partial charge on any atom is 0.199 e. The van der Waals surface area contributed by atoms with E-state index in [1.165, 1.54) is 0 Å². The van der Waals surface area contributed by atoms with Crippen molar-refractivity contribution in [3.05, 3.63) is 0 Å². The van der Waals surface area contributed by atoms with Crippen LogP contribution < -0.4 is 0 Å². The highest BCUT2D eigenvalue weighted by Crippen LogP contribution is 2.12. The molecule has 0 saturated carbocycles.